The van der Waals surface area contributed by atoms with E-state index in [9.17, 15) is 9.59 Å². The number of methoxy groups -OCH3 is 1. The van der Waals surface area contributed by atoms with Crippen molar-refractivity contribution in [2.24, 2.45) is 5.92 Å². The van der Waals surface area contributed by atoms with E-state index in [1.54, 1.807) is 36.3 Å². The fourth-order valence-electron chi connectivity index (χ4n) is 2.51. The minimum atomic E-state index is -0.839. The van der Waals surface area contributed by atoms with Crippen molar-refractivity contribution in [2.45, 2.75) is 12.8 Å². The van der Waals surface area contributed by atoms with Gasteiger partial charge in [-0.25, -0.2) is 0 Å². The topological polar surface area (TPSA) is 76.1 Å². The molecule has 1 aliphatic heterocycles. The minimum absolute atomic E-state index is 0.150. The molecular weight excluding hydrogens is 286 g/mol. The van der Waals surface area contributed by atoms with Gasteiger partial charge in [0.25, 0.3) is 5.91 Å². The van der Waals surface area contributed by atoms with E-state index in [2.05, 4.69) is 0 Å². The Kier molecular flexibility index (Phi) is 5.77. The maximum atomic E-state index is 12.5. The Bertz CT molecular complexity index is 531. The van der Waals surface area contributed by atoms with Crippen molar-refractivity contribution in [3.63, 3.8) is 0 Å². The lowest BCUT2D eigenvalue weighted by Crippen LogP contribution is -2.42. The van der Waals surface area contributed by atoms with Crippen LogP contribution in [0.3, 0.4) is 0 Å². The number of carbonyl (C=O) groups excluding carboxylic acids is 1. The van der Waals surface area contributed by atoms with Crippen LogP contribution in [0, 0.1) is 5.92 Å². The van der Waals surface area contributed by atoms with Crippen molar-refractivity contribution < 1.29 is 24.2 Å². The number of amides is 1. The third kappa shape index (κ3) is 4.21. The summed E-state index contributed by atoms with van der Waals surface area (Å²) < 4.78 is 10.4. The molecule has 22 heavy (non-hydrogen) atoms. The summed E-state index contributed by atoms with van der Waals surface area (Å²) in [7, 11) is 1.60. The highest BCUT2D eigenvalue weighted by Gasteiger charge is 2.28. The number of likely N-dealkylation sites (tertiary alicyclic amines) is 1. The van der Waals surface area contributed by atoms with E-state index in [-0.39, 0.29) is 12.5 Å². The fraction of sp³-hybridized carbons (Fsp3) is 0.500. The largest absolute Gasteiger partial charge is 0.491 e. The van der Waals surface area contributed by atoms with Crippen molar-refractivity contribution in [1.82, 2.24) is 4.90 Å². The van der Waals surface area contributed by atoms with E-state index in [0.717, 1.165) is 0 Å². The number of carboxylic acid groups (broad SMARTS) is 1. The van der Waals surface area contributed by atoms with Crippen LogP contribution in [0.15, 0.2) is 24.3 Å². The maximum Gasteiger partial charge on any atom is 0.308 e. The van der Waals surface area contributed by atoms with Crippen LogP contribution in [0.5, 0.6) is 5.75 Å². The van der Waals surface area contributed by atoms with Crippen LogP contribution in [0.2, 0.25) is 0 Å². The van der Waals surface area contributed by atoms with Gasteiger partial charge in [-0.3, -0.25) is 9.59 Å². The molecule has 0 bridgehead atoms. The van der Waals surface area contributed by atoms with Gasteiger partial charge in [0.05, 0.1) is 12.5 Å². The normalized spacial score (nSPS) is 18.0. The fourth-order valence-corrected chi connectivity index (χ4v) is 2.51. The van der Waals surface area contributed by atoms with Gasteiger partial charge in [-0.1, -0.05) is 6.07 Å². The van der Waals surface area contributed by atoms with Gasteiger partial charge in [0, 0.05) is 25.8 Å². The minimum Gasteiger partial charge on any atom is -0.491 e. The van der Waals surface area contributed by atoms with E-state index in [1.165, 1.54) is 0 Å². The van der Waals surface area contributed by atoms with E-state index in [4.69, 9.17) is 14.6 Å². The van der Waals surface area contributed by atoms with Gasteiger partial charge in [0.15, 0.2) is 0 Å². The molecule has 1 unspecified atom stereocenters. The third-order valence-electron chi connectivity index (χ3n) is 3.70. The van der Waals surface area contributed by atoms with Crippen LogP contribution in [-0.2, 0) is 9.53 Å². The van der Waals surface area contributed by atoms with Gasteiger partial charge >= 0.3 is 5.97 Å². The second kappa shape index (κ2) is 7.79. The van der Waals surface area contributed by atoms with Crippen LogP contribution in [0.25, 0.3) is 0 Å². The SMILES string of the molecule is COCCOc1cccc(C(=O)N2CCCC(C(=O)O)C2)c1. The molecule has 0 spiro atoms. The first-order valence-electron chi connectivity index (χ1n) is 7.35. The summed E-state index contributed by atoms with van der Waals surface area (Å²) in [6.45, 7) is 1.75. The van der Waals surface area contributed by atoms with E-state index < -0.39 is 11.9 Å². The molecular formula is C16H21NO5. The van der Waals surface area contributed by atoms with E-state index in [1.807, 2.05) is 0 Å². The first-order valence-corrected chi connectivity index (χ1v) is 7.35. The lowest BCUT2D eigenvalue weighted by molar-refractivity contribution is -0.143. The Labute approximate surface area is 129 Å². The number of aliphatic carboxylic acids is 1. The molecule has 120 valence electrons. The second-order valence-corrected chi connectivity index (χ2v) is 5.30. The first kappa shape index (κ1) is 16.3. The van der Waals surface area contributed by atoms with Crippen LogP contribution in [0.4, 0.5) is 0 Å². The number of benzene rings is 1. The number of hydrogen-bond donors (Lipinski definition) is 1. The summed E-state index contributed by atoms with van der Waals surface area (Å²) >= 11 is 0. The van der Waals surface area contributed by atoms with Crippen LogP contribution < -0.4 is 4.74 Å². The molecule has 0 radical (unpaired) electrons. The smallest absolute Gasteiger partial charge is 0.308 e. The Balaban J connectivity index is 2.02. The number of hydrogen-bond acceptors (Lipinski definition) is 4. The van der Waals surface area contributed by atoms with E-state index in [0.29, 0.717) is 43.9 Å². The first-order chi connectivity index (χ1) is 10.6. The van der Waals surface area contributed by atoms with E-state index >= 15 is 0 Å². The number of nitrogens with zero attached hydrogens (tertiary/aromatic N) is 1. The molecule has 1 heterocycles. The summed E-state index contributed by atoms with van der Waals surface area (Å²) in [5.74, 6) is -0.856. The van der Waals surface area contributed by atoms with Crippen LogP contribution in [-0.4, -0.2) is 55.3 Å². The van der Waals surface area contributed by atoms with Crippen LogP contribution in [0.1, 0.15) is 23.2 Å². The molecule has 6 heteroatoms. The molecule has 1 atom stereocenters. The average Bonchev–Trinajstić information content (AvgIpc) is 2.55. The van der Waals surface area contributed by atoms with Crippen molar-refractivity contribution >= 4 is 11.9 Å². The summed E-state index contributed by atoms with van der Waals surface area (Å²) in [5.41, 5.74) is 0.515. The summed E-state index contributed by atoms with van der Waals surface area (Å²) in [4.78, 5) is 25.2. The van der Waals surface area contributed by atoms with Gasteiger partial charge in [0.1, 0.15) is 12.4 Å². The number of ether oxygens (including phenoxy) is 2. The molecule has 0 saturated carbocycles. The number of carboxylic acids is 1. The molecule has 1 aromatic carbocycles. The number of piperidine rings is 1. The van der Waals surface area contributed by atoms with Gasteiger partial charge in [-0.15, -0.1) is 0 Å². The zero-order valence-corrected chi connectivity index (χ0v) is 12.7. The van der Waals surface area contributed by atoms with Gasteiger partial charge in [-0.2, -0.15) is 0 Å². The Morgan fingerprint density at radius 1 is 1.36 bits per heavy atom. The second-order valence-electron chi connectivity index (χ2n) is 5.30. The number of rotatable bonds is 6. The zero-order chi connectivity index (χ0) is 15.9. The molecule has 0 aromatic heterocycles. The molecule has 0 aliphatic carbocycles. The van der Waals surface area contributed by atoms with Crippen molar-refractivity contribution in [3.8, 4) is 5.75 Å². The maximum absolute atomic E-state index is 12.5. The Morgan fingerprint density at radius 2 is 2.18 bits per heavy atom. The Morgan fingerprint density at radius 3 is 2.91 bits per heavy atom. The average molecular weight is 307 g/mol. The zero-order valence-electron chi connectivity index (χ0n) is 12.7. The van der Waals surface area contributed by atoms with Gasteiger partial charge < -0.3 is 19.5 Å². The third-order valence-corrected chi connectivity index (χ3v) is 3.70. The predicted molar refractivity (Wildman–Crippen MR) is 80.1 cm³/mol. The quantitative estimate of drug-likeness (QED) is 0.809. The molecule has 1 amide bonds. The summed E-state index contributed by atoms with van der Waals surface area (Å²) in [6.07, 6.45) is 1.34. The van der Waals surface area contributed by atoms with Crippen LogP contribution >= 0.6 is 0 Å². The molecule has 1 aliphatic rings. The standard InChI is InChI=1S/C16H21NO5/c1-21-8-9-22-14-6-2-4-12(10-14)15(18)17-7-3-5-13(11-17)16(19)20/h2,4,6,10,13H,3,5,7-9,11H2,1H3,(H,19,20). The van der Waals surface area contributed by atoms with Crippen molar-refractivity contribution in [1.29, 1.82) is 0 Å². The highest BCUT2D eigenvalue weighted by Crippen LogP contribution is 2.20. The highest BCUT2D eigenvalue weighted by molar-refractivity contribution is 5.95. The lowest BCUT2D eigenvalue weighted by atomic mass is 9.97. The molecule has 2 rings (SSSR count). The number of carbonyl (C=O) groups is 2. The monoisotopic (exact) mass is 307 g/mol. The highest BCUT2D eigenvalue weighted by atomic mass is 16.5. The molecule has 6 nitrogen and oxygen atoms in total. The molecule has 1 N–H and O–H groups in total. The summed E-state index contributed by atoms with van der Waals surface area (Å²) in [5, 5.41) is 9.10. The predicted octanol–water partition coefficient (Wildman–Crippen LogP) is 1.65. The van der Waals surface area contributed by atoms with Crippen molar-refractivity contribution in [2.75, 3.05) is 33.4 Å². The lowest BCUT2D eigenvalue weighted by Gasteiger charge is -2.30. The Hall–Kier alpha value is -2.08. The molecule has 1 fully saturated rings. The van der Waals surface area contributed by atoms with Gasteiger partial charge in [0.2, 0.25) is 0 Å². The van der Waals surface area contributed by atoms with Crippen molar-refractivity contribution in [3.05, 3.63) is 29.8 Å². The van der Waals surface area contributed by atoms with Gasteiger partial charge in [-0.05, 0) is 31.0 Å². The summed E-state index contributed by atoms with van der Waals surface area (Å²) in [6, 6.07) is 6.94. The molecule has 1 saturated heterocycles. The molecule has 1 aromatic rings.